The van der Waals surface area contributed by atoms with Crippen molar-refractivity contribution in [1.29, 1.82) is 0 Å². The van der Waals surface area contributed by atoms with Crippen LogP contribution in [0.2, 0.25) is 0 Å². The Hall–Kier alpha value is -1.34. The smallest absolute Gasteiger partial charge is 0.267 e. The predicted molar refractivity (Wildman–Crippen MR) is 67.3 cm³/mol. The second-order valence-electron chi connectivity index (χ2n) is 3.74. The van der Waals surface area contributed by atoms with Crippen LogP contribution >= 0.6 is 15.9 Å². The molecule has 0 saturated heterocycles. The van der Waals surface area contributed by atoms with E-state index in [0.717, 1.165) is 10.0 Å². The van der Waals surface area contributed by atoms with E-state index in [2.05, 4.69) is 26.1 Å². The van der Waals surface area contributed by atoms with Gasteiger partial charge in [0.2, 0.25) is 0 Å². The van der Waals surface area contributed by atoms with Crippen LogP contribution in [0.5, 0.6) is 0 Å². The van der Waals surface area contributed by atoms with Gasteiger partial charge in [-0.2, -0.15) is 5.10 Å². The number of halogens is 1. The lowest BCUT2D eigenvalue weighted by Crippen LogP contribution is -2.29. The first kappa shape index (κ1) is 10.8. The standard InChI is InChI=1S/C10H8BrN3O2S/c1-14-8-3-2-6(11)4-7(8)10-9(5-12-13-10)17(14,15)16/h2-5H,1H3,(H,12,13). The second kappa shape index (κ2) is 3.33. The van der Waals surface area contributed by atoms with E-state index in [-0.39, 0.29) is 4.90 Å². The lowest BCUT2D eigenvalue weighted by Gasteiger charge is -2.26. The molecular formula is C10H8BrN3O2S. The number of hydrogen-bond acceptors (Lipinski definition) is 3. The number of anilines is 1. The molecule has 0 atom stereocenters. The molecule has 1 aliphatic rings. The number of rotatable bonds is 0. The number of H-pyrrole nitrogens is 1. The first-order chi connectivity index (χ1) is 8.01. The highest BCUT2D eigenvalue weighted by molar-refractivity contribution is 9.10. The van der Waals surface area contributed by atoms with Crippen molar-refractivity contribution in [3.63, 3.8) is 0 Å². The quantitative estimate of drug-likeness (QED) is 0.808. The summed E-state index contributed by atoms with van der Waals surface area (Å²) in [5.74, 6) is 0. The van der Waals surface area contributed by atoms with Gasteiger partial charge < -0.3 is 0 Å². The Bertz CT molecular complexity index is 708. The average molecular weight is 314 g/mol. The Morgan fingerprint density at radius 1 is 1.41 bits per heavy atom. The zero-order valence-corrected chi connectivity index (χ0v) is 11.2. The summed E-state index contributed by atoms with van der Waals surface area (Å²) in [4.78, 5) is 0.214. The molecule has 0 spiro atoms. The van der Waals surface area contributed by atoms with Crippen molar-refractivity contribution in [2.75, 3.05) is 11.4 Å². The molecule has 1 aromatic carbocycles. The topological polar surface area (TPSA) is 66.1 Å². The molecule has 1 aromatic heterocycles. The van der Waals surface area contributed by atoms with Gasteiger partial charge in [-0.1, -0.05) is 15.9 Å². The molecule has 17 heavy (non-hydrogen) atoms. The van der Waals surface area contributed by atoms with Crippen molar-refractivity contribution in [3.05, 3.63) is 28.9 Å². The molecule has 7 heteroatoms. The third-order valence-electron chi connectivity index (χ3n) is 2.81. The minimum absolute atomic E-state index is 0.214. The third-order valence-corrected chi connectivity index (χ3v) is 5.09. The number of nitrogens with zero attached hydrogens (tertiary/aromatic N) is 2. The van der Waals surface area contributed by atoms with Gasteiger partial charge in [0.25, 0.3) is 10.0 Å². The molecule has 0 radical (unpaired) electrons. The fourth-order valence-corrected chi connectivity index (χ4v) is 3.60. The van der Waals surface area contributed by atoms with Gasteiger partial charge in [-0.25, -0.2) is 8.42 Å². The summed E-state index contributed by atoms with van der Waals surface area (Å²) >= 11 is 3.38. The molecule has 0 bridgehead atoms. The maximum atomic E-state index is 12.2. The second-order valence-corrected chi connectivity index (χ2v) is 6.60. The average Bonchev–Trinajstić information content (AvgIpc) is 2.76. The van der Waals surface area contributed by atoms with Gasteiger partial charge in [-0.15, -0.1) is 0 Å². The zero-order chi connectivity index (χ0) is 12.2. The predicted octanol–water partition coefficient (Wildman–Crippen LogP) is 1.98. The minimum atomic E-state index is -3.48. The summed E-state index contributed by atoms with van der Waals surface area (Å²) in [5.41, 5.74) is 2.01. The molecule has 2 aromatic rings. The van der Waals surface area contributed by atoms with Crippen molar-refractivity contribution in [2.24, 2.45) is 0 Å². The minimum Gasteiger partial charge on any atom is -0.276 e. The van der Waals surface area contributed by atoms with E-state index < -0.39 is 10.0 Å². The van der Waals surface area contributed by atoms with Crippen molar-refractivity contribution >= 4 is 31.6 Å². The molecule has 3 rings (SSSR count). The Morgan fingerprint density at radius 2 is 2.18 bits per heavy atom. The summed E-state index contributed by atoms with van der Waals surface area (Å²) < 4.78 is 26.5. The molecule has 5 nitrogen and oxygen atoms in total. The lowest BCUT2D eigenvalue weighted by molar-refractivity contribution is 0.594. The molecular weight excluding hydrogens is 306 g/mol. The number of sulfonamides is 1. The van der Waals surface area contributed by atoms with Crippen LogP contribution in [-0.4, -0.2) is 25.7 Å². The van der Waals surface area contributed by atoms with Gasteiger partial charge >= 0.3 is 0 Å². The van der Waals surface area contributed by atoms with Gasteiger partial charge in [-0.05, 0) is 18.2 Å². The van der Waals surface area contributed by atoms with E-state index in [1.807, 2.05) is 12.1 Å². The Labute approximate surface area is 107 Å². The molecule has 1 N–H and O–H groups in total. The van der Waals surface area contributed by atoms with Crippen LogP contribution in [0.3, 0.4) is 0 Å². The van der Waals surface area contributed by atoms with E-state index in [1.165, 1.54) is 17.5 Å². The third kappa shape index (κ3) is 1.35. The number of aromatic amines is 1. The van der Waals surface area contributed by atoms with Crippen molar-refractivity contribution in [1.82, 2.24) is 10.2 Å². The highest BCUT2D eigenvalue weighted by Crippen LogP contribution is 2.41. The number of hydrogen-bond donors (Lipinski definition) is 1. The first-order valence-electron chi connectivity index (χ1n) is 4.84. The van der Waals surface area contributed by atoms with Gasteiger partial charge in [0.1, 0.15) is 4.90 Å². The maximum Gasteiger partial charge on any atom is 0.267 e. The van der Waals surface area contributed by atoms with E-state index in [4.69, 9.17) is 0 Å². The molecule has 88 valence electrons. The van der Waals surface area contributed by atoms with Gasteiger partial charge in [0.15, 0.2) is 0 Å². The summed E-state index contributed by atoms with van der Waals surface area (Å²) in [5, 5.41) is 6.56. The summed E-state index contributed by atoms with van der Waals surface area (Å²) in [6.45, 7) is 0. The summed E-state index contributed by atoms with van der Waals surface area (Å²) in [6.07, 6.45) is 1.34. The molecule has 0 fully saturated rings. The molecule has 0 saturated carbocycles. The molecule has 1 aliphatic heterocycles. The molecule has 0 unspecified atom stereocenters. The number of benzene rings is 1. The van der Waals surface area contributed by atoms with Crippen molar-refractivity contribution in [2.45, 2.75) is 4.90 Å². The van der Waals surface area contributed by atoms with Crippen LogP contribution in [0.25, 0.3) is 11.3 Å². The van der Waals surface area contributed by atoms with E-state index in [9.17, 15) is 8.42 Å². The maximum absolute atomic E-state index is 12.2. The number of fused-ring (bicyclic) bond motifs is 3. The Balaban J connectivity index is 2.43. The Morgan fingerprint density at radius 3 is 2.94 bits per heavy atom. The van der Waals surface area contributed by atoms with Gasteiger partial charge in [0.05, 0.1) is 17.6 Å². The molecule has 2 heterocycles. The molecule has 0 amide bonds. The number of nitrogens with one attached hydrogen (secondary N) is 1. The highest BCUT2D eigenvalue weighted by Gasteiger charge is 2.34. The lowest BCUT2D eigenvalue weighted by atomic mass is 10.1. The normalized spacial score (nSPS) is 16.5. The fraction of sp³-hybridized carbons (Fsp3) is 0.100. The highest BCUT2D eigenvalue weighted by atomic mass is 79.9. The van der Waals surface area contributed by atoms with Gasteiger partial charge in [0, 0.05) is 17.1 Å². The largest absolute Gasteiger partial charge is 0.276 e. The SMILES string of the molecule is CN1c2ccc(Br)cc2-c2[nH]ncc2S1(=O)=O. The van der Waals surface area contributed by atoms with Crippen LogP contribution in [0, 0.1) is 0 Å². The van der Waals surface area contributed by atoms with Crippen molar-refractivity contribution < 1.29 is 8.42 Å². The van der Waals surface area contributed by atoms with Crippen LogP contribution in [0.4, 0.5) is 5.69 Å². The van der Waals surface area contributed by atoms with Crippen LogP contribution in [-0.2, 0) is 10.0 Å². The van der Waals surface area contributed by atoms with Gasteiger partial charge in [-0.3, -0.25) is 9.40 Å². The van der Waals surface area contributed by atoms with Crippen molar-refractivity contribution in [3.8, 4) is 11.3 Å². The Kier molecular flexibility index (Phi) is 2.11. The van der Waals surface area contributed by atoms with Crippen LogP contribution in [0.1, 0.15) is 0 Å². The summed E-state index contributed by atoms with van der Waals surface area (Å²) in [7, 11) is -1.94. The van der Waals surface area contributed by atoms with Crippen LogP contribution in [0.15, 0.2) is 33.8 Å². The first-order valence-corrected chi connectivity index (χ1v) is 7.07. The van der Waals surface area contributed by atoms with Crippen LogP contribution < -0.4 is 4.31 Å². The van der Waals surface area contributed by atoms with E-state index in [1.54, 1.807) is 6.07 Å². The molecule has 0 aliphatic carbocycles. The van der Waals surface area contributed by atoms with E-state index >= 15 is 0 Å². The monoisotopic (exact) mass is 313 g/mol. The summed E-state index contributed by atoms with van der Waals surface area (Å²) in [6, 6.07) is 5.45. The van der Waals surface area contributed by atoms with E-state index in [0.29, 0.717) is 11.4 Å². The zero-order valence-electron chi connectivity index (χ0n) is 8.81. The number of aromatic nitrogens is 2. The fourth-order valence-electron chi connectivity index (χ4n) is 1.92.